The lowest BCUT2D eigenvalue weighted by atomic mass is 10.0. The van der Waals surface area contributed by atoms with E-state index in [1.165, 1.54) is 0 Å². The molecule has 3 aromatic rings. The molecule has 0 radical (unpaired) electrons. The molecule has 5 nitrogen and oxygen atoms in total. The number of rotatable bonds is 5. The first-order valence-corrected chi connectivity index (χ1v) is 11.6. The molecule has 6 heteroatoms. The molecule has 0 saturated heterocycles. The summed E-state index contributed by atoms with van der Waals surface area (Å²) in [5, 5.41) is 0. The first-order chi connectivity index (χ1) is 14.5. The van der Waals surface area contributed by atoms with Crippen LogP contribution < -0.4 is 9.62 Å². The number of nitrogens with zero attached hydrogens (tertiary/aromatic N) is 1. The van der Waals surface area contributed by atoms with E-state index in [-0.39, 0.29) is 10.8 Å². The Morgan fingerprint density at radius 3 is 2.37 bits per heavy atom. The summed E-state index contributed by atoms with van der Waals surface area (Å²) in [5.41, 5.74) is 4.37. The van der Waals surface area contributed by atoms with Crippen molar-refractivity contribution in [3.8, 4) is 11.1 Å². The number of hydrogen-bond donors (Lipinski definition) is 1. The van der Waals surface area contributed by atoms with Gasteiger partial charge in [-0.2, -0.15) is 0 Å². The molecule has 1 aliphatic rings. The molecule has 0 spiro atoms. The number of carbonyl (C=O) groups excluding carboxylic acids is 1. The van der Waals surface area contributed by atoms with E-state index in [0.29, 0.717) is 18.7 Å². The molecule has 1 heterocycles. The lowest BCUT2D eigenvalue weighted by Gasteiger charge is -2.29. The van der Waals surface area contributed by atoms with Gasteiger partial charge in [0.05, 0.1) is 4.90 Å². The van der Waals surface area contributed by atoms with Crippen molar-refractivity contribution in [1.29, 1.82) is 0 Å². The molecule has 0 saturated carbocycles. The fraction of sp³-hybridized carbons (Fsp3) is 0.208. The highest BCUT2D eigenvalue weighted by molar-refractivity contribution is 7.92. The Kier molecular flexibility index (Phi) is 5.59. The molecule has 154 valence electrons. The van der Waals surface area contributed by atoms with Crippen LogP contribution in [0.5, 0.6) is 0 Å². The molecule has 30 heavy (non-hydrogen) atoms. The topological polar surface area (TPSA) is 66.5 Å². The number of aryl methyl sites for hydroxylation is 1. The van der Waals surface area contributed by atoms with Crippen molar-refractivity contribution in [2.45, 2.75) is 31.1 Å². The fourth-order valence-electron chi connectivity index (χ4n) is 3.78. The Morgan fingerprint density at radius 2 is 1.67 bits per heavy atom. The van der Waals surface area contributed by atoms with Crippen molar-refractivity contribution in [2.75, 3.05) is 16.2 Å². The van der Waals surface area contributed by atoms with Crippen molar-refractivity contribution < 1.29 is 13.2 Å². The molecule has 0 atom stereocenters. The highest BCUT2D eigenvalue weighted by Crippen LogP contribution is 2.31. The van der Waals surface area contributed by atoms with Gasteiger partial charge in [-0.3, -0.25) is 9.52 Å². The normalized spacial score (nSPS) is 13.6. The van der Waals surface area contributed by atoms with Gasteiger partial charge in [-0.1, -0.05) is 49.4 Å². The van der Waals surface area contributed by atoms with Crippen LogP contribution in [0.1, 0.15) is 25.3 Å². The Morgan fingerprint density at radius 1 is 0.967 bits per heavy atom. The number of amides is 1. The van der Waals surface area contributed by atoms with E-state index in [2.05, 4.69) is 4.72 Å². The smallest absolute Gasteiger partial charge is 0.261 e. The molecule has 3 aromatic carbocycles. The predicted octanol–water partition coefficient (Wildman–Crippen LogP) is 4.84. The second kappa shape index (κ2) is 8.32. The van der Waals surface area contributed by atoms with E-state index in [1.807, 2.05) is 61.5 Å². The minimum absolute atomic E-state index is 0.0859. The zero-order valence-corrected chi connectivity index (χ0v) is 17.7. The molecule has 1 aliphatic heterocycles. The van der Waals surface area contributed by atoms with Crippen LogP contribution >= 0.6 is 0 Å². The third-order valence-electron chi connectivity index (χ3n) is 5.33. The fourth-order valence-corrected chi connectivity index (χ4v) is 4.83. The van der Waals surface area contributed by atoms with Gasteiger partial charge in [0.1, 0.15) is 0 Å². The number of carbonyl (C=O) groups is 1. The molecule has 0 unspecified atom stereocenters. The quantitative estimate of drug-likeness (QED) is 0.642. The largest absolute Gasteiger partial charge is 0.312 e. The first-order valence-electron chi connectivity index (χ1n) is 10.1. The van der Waals surface area contributed by atoms with Crippen LogP contribution in [0.25, 0.3) is 11.1 Å². The number of fused-ring (bicyclic) bond motifs is 1. The number of sulfonamides is 1. The van der Waals surface area contributed by atoms with E-state index < -0.39 is 10.0 Å². The standard InChI is InChI=1S/C24H24N2O3S/c1-2-24(27)26-16-6-9-20-17-21(12-15-23(20)26)25-30(28,29)22-13-10-19(11-14-22)18-7-4-3-5-8-18/h3-5,7-8,10-15,17,25H,2,6,9,16H2,1H3. The zero-order valence-electron chi connectivity index (χ0n) is 16.8. The number of hydrogen-bond acceptors (Lipinski definition) is 3. The van der Waals surface area contributed by atoms with Gasteiger partial charge in [0.2, 0.25) is 5.91 Å². The number of anilines is 2. The van der Waals surface area contributed by atoms with Crippen LogP contribution in [0.3, 0.4) is 0 Å². The highest BCUT2D eigenvalue weighted by atomic mass is 32.2. The first kappa shape index (κ1) is 20.2. The Balaban J connectivity index is 1.56. The van der Waals surface area contributed by atoms with E-state index >= 15 is 0 Å². The van der Waals surface area contributed by atoms with Gasteiger partial charge in [0.15, 0.2) is 0 Å². The summed E-state index contributed by atoms with van der Waals surface area (Å²) in [6.07, 6.45) is 2.15. The monoisotopic (exact) mass is 420 g/mol. The molecule has 0 aliphatic carbocycles. The third-order valence-corrected chi connectivity index (χ3v) is 6.72. The average molecular weight is 421 g/mol. The SMILES string of the molecule is CCC(=O)N1CCCc2cc(NS(=O)(=O)c3ccc(-c4ccccc4)cc3)ccc21. The van der Waals surface area contributed by atoms with E-state index in [4.69, 9.17) is 0 Å². The third kappa shape index (κ3) is 4.09. The maximum Gasteiger partial charge on any atom is 0.261 e. The molecule has 0 aromatic heterocycles. The van der Waals surface area contributed by atoms with Crippen LogP contribution in [0.2, 0.25) is 0 Å². The Hall–Kier alpha value is -3.12. The van der Waals surface area contributed by atoms with Gasteiger partial charge >= 0.3 is 0 Å². The lowest BCUT2D eigenvalue weighted by molar-refractivity contribution is -0.118. The molecule has 4 rings (SSSR count). The van der Waals surface area contributed by atoms with Gasteiger partial charge in [-0.15, -0.1) is 0 Å². The van der Waals surface area contributed by atoms with Gasteiger partial charge in [-0.05, 0) is 59.9 Å². The van der Waals surface area contributed by atoms with Crippen LogP contribution in [-0.4, -0.2) is 20.9 Å². The second-order valence-corrected chi connectivity index (χ2v) is 9.02. The van der Waals surface area contributed by atoms with Crippen molar-refractivity contribution in [3.63, 3.8) is 0 Å². The van der Waals surface area contributed by atoms with E-state index in [9.17, 15) is 13.2 Å². The Bertz CT molecular complexity index is 1160. The molecular weight excluding hydrogens is 396 g/mol. The predicted molar refractivity (Wildman–Crippen MR) is 120 cm³/mol. The number of nitrogens with one attached hydrogen (secondary N) is 1. The summed E-state index contributed by atoms with van der Waals surface area (Å²) in [7, 11) is -3.70. The Labute approximate surface area is 177 Å². The maximum absolute atomic E-state index is 12.9. The van der Waals surface area contributed by atoms with E-state index in [0.717, 1.165) is 35.2 Å². The van der Waals surface area contributed by atoms with Crippen LogP contribution in [0.15, 0.2) is 77.7 Å². The molecular formula is C24H24N2O3S. The van der Waals surface area contributed by atoms with Gasteiger partial charge < -0.3 is 4.90 Å². The van der Waals surface area contributed by atoms with Crippen molar-refractivity contribution >= 4 is 27.3 Å². The zero-order chi connectivity index (χ0) is 21.1. The summed E-state index contributed by atoms with van der Waals surface area (Å²) in [6.45, 7) is 2.56. The summed E-state index contributed by atoms with van der Waals surface area (Å²) in [5.74, 6) is 0.0859. The average Bonchev–Trinajstić information content (AvgIpc) is 2.78. The van der Waals surface area contributed by atoms with Crippen molar-refractivity contribution in [2.24, 2.45) is 0 Å². The molecule has 0 bridgehead atoms. The van der Waals surface area contributed by atoms with Crippen molar-refractivity contribution in [3.05, 3.63) is 78.4 Å². The molecule has 1 amide bonds. The minimum Gasteiger partial charge on any atom is -0.312 e. The minimum atomic E-state index is -3.70. The van der Waals surface area contributed by atoms with Crippen LogP contribution in [0, 0.1) is 0 Å². The van der Waals surface area contributed by atoms with Gasteiger partial charge in [0.25, 0.3) is 10.0 Å². The van der Waals surface area contributed by atoms with Crippen molar-refractivity contribution in [1.82, 2.24) is 0 Å². The van der Waals surface area contributed by atoms with Crippen LogP contribution in [0.4, 0.5) is 11.4 Å². The summed E-state index contributed by atoms with van der Waals surface area (Å²) in [4.78, 5) is 14.2. The molecule has 1 N–H and O–H groups in total. The van der Waals surface area contributed by atoms with Crippen LogP contribution in [-0.2, 0) is 21.2 Å². The van der Waals surface area contributed by atoms with Gasteiger partial charge in [-0.25, -0.2) is 8.42 Å². The summed E-state index contributed by atoms with van der Waals surface area (Å²) in [6, 6.07) is 22.1. The second-order valence-electron chi connectivity index (χ2n) is 7.34. The maximum atomic E-state index is 12.9. The number of benzene rings is 3. The van der Waals surface area contributed by atoms with E-state index in [1.54, 1.807) is 23.1 Å². The summed E-state index contributed by atoms with van der Waals surface area (Å²) < 4.78 is 28.4. The van der Waals surface area contributed by atoms with Gasteiger partial charge in [0, 0.05) is 24.3 Å². The lowest BCUT2D eigenvalue weighted by Crippen LogP contribution is -2.34. The molecule has 0 fully saturated rings. The summed E-state index contributed by atoms with van der Waals surface area (Å²) >= 11 is 0. The highest BCUT2D eigenvalue weighted by Gasteiger charge is 2.22.